The van der Waals surface area contributed by atoms with Crippen LogP contribution in [0.5, 0.6) is 0 Å². The lowest BCUT2D eigenvalue weighted by Crippen LogP contribution is -2.05. The summed E-state index contributed by atoms with van der Waals surface area (Å²) in [5.41, 5.74) is 7.62. The molecule has 3 aromatic rings. The van der Waals surface area contributed by atoms with Crippen LogP contribution in [0.25, 0.3) is 5.65 Å². The number of imidazole rings is 1. The average molecular weight is 274 g/mol. The van der Waals surface area contributed by atoms with Gasteiger partial charge < -0.3 is 15.5 Å². The maximum absolute atomic E-state index is 5.85. The molecule has 0 aliphatic heterocycles. The van der Waals surface area contributed by atoms with Crippen molar-refractivity contribution in [3.63, 3.8) is 0 Å². The molecule has 3 N–H and O–H groups in total. The number of halogens is 1. The second kappa shape index (κ2) is 4.78. The maximum Gasteiger partial charge on any atom is 0.180 e. The van der Waals surface area contributed by atoms with Gasteiger partial charge in [0.25, 0.3) is 0 Å². The van der Waals surface area contributed by atoms with Gasteiger partial charge in [-0.25, -0.2) is 9.97 Å². The first-order valence-electron chi connectivity index (χ1n) is 5.80. The highest BCUT2D eigenvalue weighted by Crippen LogP contribution is 2.16. The van der Waals surface area contributed by atoms with E-state index in [2.05, 4.69) is 15.3 Å². The van der Waals surface area contributed by atoms with Crippen LogP contribution in [-0.4, -0.2) is 14.4 Å². The smallest absolute Gasteiger partial charge is 0.180 e. The number of nitrogens with zero attached hydrogens (tertiary/aromatic N) is 3. The lowest BCUT2D eigenvalue weighted by atomic mass is 10.2. The molecular weight excluding hydrogens is 262 g/mol. The fourth-order valence-corrected chi connectivity index (χ4v) is 1.98. The second-order valence-corrected chi connectivity index (χ2v) is 4.59. The summed E-state index contributed by atoms with van der Waals surface area (Å²) in [4.78, 5) is 8.51. The topological polar surface area (TPSA) is 68.2 Å². The number of benzene rings is 1. The molecule has 0 amide bonds. The third-order valence-electron chi connectivity index (χ3n) is 2.77. The van der Waals surface area contributed by atoms with E-state index in [0.29, 0.717) is 18.2 Å². The number of hydrogen-bond acceptors (Lipinski definition) is 4. The van der Waals surface area contributed by atoms with Crippen LogP contribution in [0.4, 0.5) is 11.6 Å². The summed E-state index contributed by atoms with van der Waals surface area (Å²) < 4.78 is 1.84. The van der Waals surface area contributed by atoms with Gasteiger partial charge in [0, 0.05) is 24.0 Å². The van der Waals surface area contributed by atoms with Gasteiger partial charge in [-0.3, -0.25) is 0 Å². The Bertz CT molecular complexity index is 705. The van der Waals surface area contributed by atoms with Crippen LogP contribution in [0.15, 0.2) is 42.9 Å². The first-order chi connectivity index (χ1) is 9.22. The largest absolute Gasteiger partial charge is 0.382 e. The van der Waals surface area contributed by atoms with Crippen molar-refractivity contribution >= 4 is 28.9 Å². The molecule has 0 spiro atoms. The van der Waals surface area contributed by atoms with E-state index in [1.54, 1.807) is 12.4 Å². The first-order valence-corrected chi connectivity index (χ1v) is 6.18. The number of nitrogen functional groups attached to an aromatic ring is 1. The summed E-state index contributed by atoms with van der Waals surface area (Å²) in [6, 6.07) is 7.64. The summed E-state index contributed by atoms with van der Waals surface area (Å²) in [5, 5.41) is 3.96. The van der Waals surface area contributed by atoms with Crippen LogP contribution in [-0.2, 0) is 6.54 Å². The molecule has 5 nitrogen and oxygen atoms in total. The van der Waals surface area contributed by atoms with Crippen molar-refractivity contribution in [3.05, 3.63) is 53.4 Å². The zero-order valence-electron chi connectivity index (χ0n) is 10.0. The van der Waals surface area contributed by atoms with Crippen molar-refractivity contribution in [1.29, 1.82) is 0 Å². The van der Waals surface area contributed by atoms with E-state index >= 15 is 0 Å². The molecule has 0 saturated heterocycles. The standard InChI is InChI=1S/C13H12ClN5/c14-10-3-1-9(2-4-10)7-17-12-13-16-5-6-19(13)8-11(15)18-12/h1-6,8H,7,15H2,(H,17,18). The maximum atomic E-state index is 5.85. The predicted molar refractivity (Wildman–Crippen MR) is 76.2 cm³/mol. The van der Waals surface area contributed by atoms with Crippen molar-refractivity contribution in [2.24, 2.45) is 0 Å². The Morgan fingerprint density at radius 1 is 1.26 bits per heavy atom. The lowest BCUT2D eigenvalue weighted by Gasteiger charge is -2.08. The van der Waals surface area contributed by atoms with Crippen molar-refractivity contribution in [1.82, 2.24) is 14.4 Å². The molecule has 3 rings (SSSR count). The van der Waals surface area contributed by atoms with Crippen molar-refractivity contribution in [3.8, 4) is 0 Å². The van der Waals surface area contributed by atoms with Crippen LogP contribution < -0.4 is 11.1 Å². The molecule has 2 heterocycles. The average Bonchev–Trinajstić information content (AvgIpc) is 2.85. The van der Waals surface area contributed by atoms with Gasteiger partial charge in [0.2, 0.25) is 0 Å². The van der Waals surface area contributed by atoms with Gasteiger partial charge in [-0.05, 0) is 17.7 Å². The van der Waals surface area contributed by atoms with E-state index in [-0.39, 0.29) is 0 Å². The van der Waals surface area contributed by atoms with Gasteiger partial charge in [0.05, 0.1) is 6.20 Å². The van der Waals surface area contributed by atoms with Crippen LogP contribution in [0, 0.1) is 0 Å². The number of rotatable bonds is 3. The molecule has 2 aromatic heterocycles. The fraction of sp³-hybridized carbons (Fsp3) is 0.0769. The van der Waals surface area contributed by atoms with Crippen LogP contribution >= 0.6 is 11.6 Å². The predicted octanol–water partition coefficient (Wildman–Crippen LogP) is 2.58. The van der Waals surface area contributed by atoms with E-state index in [4.69, 9.17) is 17.3 Å². The summed E-state index contributed by atoms with van der Waals surface area (Å²) in [5.74, 6) is 1.11. The highest BCUT2D eigenvalue weighted by Gasteiger charge is 2.05. The summed E-state index contributed by atoms with van der Waals surface area (Å²) >= 11 is 5.85. The number of nitrogens with one attached hydrogen (secondary N) is 1. The van der Waals surface area contributed by atoms with Gasteiger partial charge in [-0.15, -0.1) is 0 Å². The minimum Gasteiger partial charge on any atom is -0.382 e. The molecule has 0 aliphatic carbocycles. The Hall–Kier alpha value is -2.27. The number of anilines is 2. The zero-order chi connectivity index (χ0) is 13.2. The van der Waals surface area contributed by atoms with E-state index in [0.717, 1.165) is 16.2 Å². The Morgan fingerprint density at radius 3 is 2.84 bits per heavy atom. The highest BCUT2D eigenvalue weighted by molar-refractivity contribution is 6.30. The Balaban J connectivity index is 1.85. The molecule has 19 heavy (non-hydrogen) atoms. The monoisotopic (exact) mass is 273 g/mol. The summed E-state index contributed by atoms with van der Waals surface area (Å²) in [6.07, 6.45) is 5.28. The minimum atomic E-state index is 0.448. The Labute approximate surface area is 115 Å². The van der Waals surface area contributed by atoms with E-state index in [1.165, 1.54) is 0 Å². The van der Waals surface area contributed by atoms with Crippen LogP contribution in [0.3, 0.4) is 0 Å². The molecule has 0 radical (unpaired) electrons. The van der Waals surface area contributed by atoms with Crippen LogP contribution in [0.2, 0.25) is 5.02 Å². The molecule has 0 atom stereocenters. The number of nitrogens with two attached hydrogens (primary N) is 1. The van der Waals surface area contributed by atoms with E-state index in [1.807, 2.05) is 34.9 Å². The Morgan fingerprint density at radius 2 is 2.05 bits per heavy atom. The first kappa shape index (κ1) is 11.8. The highest BCUT2D eigenvalue weighted by atomic mass is 35.5. The molecule has 0 aliphatic rings. The quantitative estimate of drug-likeness (QED) is 0.770. The normalized spacial score (nSPS) is 10.8. The minimum absolute atomic E-state index is 0.448. The molecule has 0 fully saturated rings. The molecule has 1 aromatic carbocycles. The summed E-state index contributed by atoms with van der Waals surface area (Å²) in [6.45, 7) is 0.635. The SMILES string of the molecule is Nc1cn2ccnc2c(NCc2ccc(Cl)cc2)n1. The molecule has 0 saturated carbocycles. The molecule has 6 heteroatoms. The van der Waals surface area contributed by atoms with E-state index < -0.39 is 0 Å². The van der Waals surface area contributed by atoms with E-state index in [9.17, 15) is 0 Å². The summed E-state index contributed by atoms with van der Waals surface area (Å²) in [7, 11) is 0. The fourth-order valence-electron chi connectivity index (χ4n) is 1.86. The number of aromatic nitrogens is 3. The van der Waals surface area contributed by atoms with Crippen LogP contribution in [0.1, 0.15) is 5.56 Å². The molecular formula is C13H12ClN5. The molecule has 0 bridgehead atoms. The van der Waals surface area contributed by atoms with Gasteiger partial charge in [-0.2, -0.15) is 0 Å². The second-order valence-electron chi connectivity index (χ2n) is 4.15. The van der Waals surface area contributed by atoms with Crippen molar-refractivity contribution < 1.29 is 0 Å². The van der Waals surface area contributed by atoms with Gasteiger partial charge in [0.15, 0.2) is 11.5 Å². The van der Waals surface area contributed by atoms with Gasteiger partial charge in [0.1, 0.15) is 5.82 Å². The van der Waals surface area contributed by atoms with Crippen molar-refractivity contribution in [2.75, 3.05) is 11.1 Å². The Kier molecular flexibility index (Phi) is 2.97. The molecule has 96 valence electrons. The number of hydrogen-bond donors (Lipinski definition) is 2. The van der Waals surface area contributed by atoms with Gasteiger partial charge in [-0.1, -0.05) is 23.7 Å². The van der Waals surface area contributed by atoms with Crippen molar-refractivity contribution in [2.45, 2.75) is 6.54 Å². The van der Waals surface area contributed by atoms with Gasteiger partial charge >= 0.3 is 0 Å². The third-order valence-corrected chi connectivity index (χ3v) is 3.02. The molecule has 0 unspecified atom stereocenters. The zero-order valence-corrected chi connectivity index (χ0v) is 10.8. The third kappa shape index (κ3) is 2.46. The number of fused-ring (bicyclic) bond motifs is 1. The lowest BCUT2D eigenvalue weighted by molar-refractivity contribution is 1.08.